The highest BCUT2D eigenvalue weighted by atomic mass is 16.6. The lowest BCUT2D eigenvalue weighted by Crippen LogP contribution is -2.15. The van der Waals surface area contributed by atoms with Crippen molar-refractivity contribution in [3.05, 3.63) is 36.3 Å². The van der Waals surface area contributed by atoms with Gasteiger partial charge < -0.3 is 20.5 Å². The molecule has 0 saturated heterocycles. The zero-order chi connectivity index (χ0) is 13.1. The number of hydrogen-bond acceptors (Lipinski definition) is 6. The second kappa shape index (κ2) is 5.11. The van der Waals surface area contributed by atoms with Crippen LogP contribution < -0.4 is 20.5 Å². The van der Waals surface area contributed by atoms with Gasteiger partial charge in [0, 0.05) is 18.0 Å². The zero-order valence-electron chi connectivity index (χ0n) is 10.3. The Balaban J connectivity index is 1.82. The highest BCUT2D eigenvalue weighted by Gasteiger charge is 2.11. The van der Waals surface area contributed by atoms with Crippen molar-refractivity contribution < 1.29 is 9.47 Å². The second-order valence-corrected chi connectivity index (χ2v) is 4.05. The fourth-order valence-electron chi connectivity index (χ4n) is 1.84. The van der Waals surface area contributed by atoms with Gasteiger partial charge in [0.25, 0.3) is 0 Å². The smallest absolute Gasteiger partial charge is 0.163 e. The second-order valence-electron chi connectivity index (χ2n) is 4.05. The van der Waals surface area contributed by atoms with Gasteiger partial charge in [-0.15, -0.1) is 0 Å². The lowest BCUT2D eigenvalue weighted by molar-refractivity contribution is 0.171. The van der Waals surface area contributed by atoms with Crippen LogP contribution in [0.2, 0.25) is 0 Å². The maximum atomic E-state index is 5.53. The number of nitrogens with one attached hydrogen (secondary N) is 1. The fraction of sp³-hybridized carbons (Fsp3) is 0.231. The van der Waals surface area contributed by atoms with E-state index in [0.717, 1.165) is 17.2 Å². The first-order chi connectivity index (χ1) is 9.35. The molecular formula is C13H14N4O2. The van der Waals surface area contributed by atoms with Gasteiger partial charge in [0.15, 0.2) is 11.5 Å². The van der Waals surface area contributed by atoms with Gasteiger partial charge in [0.2, 0.25) is 0 Å². The molecule has 3 N–H and O–H groups in total. The molecule has 1 aromatic carbocycles. The van der Waals surface area contributed by atoms with Gasteiger partial charge in [-0.2, -0.15) is 0 Å². The first kappa shape index (κ1) is 11.7. The summed E-state index contributed by atoms with van der Waals surface area (Å²) in [6.45, 7) is 1.48. The average Bonchev–Trinajstić information content (AvgIpc) is 2.47. The average molecular weight is 258 g/mol. The maximum Gasteiger partial charge on any atom is 0.163 e. The first-order valence-electron chi connectivity index (χ1n) is 6.04. The minimum Gasteiger partial charge on any atom is -0.486 e. The Morgan fingerprint density at radius 1 is 1.16 bits per heavy atom. The molecule has 19 heavy (non-hydrogen) atoms. The third kappa shape index (κ3) is 2.58. The number of fused-ring (bicyclic) bond motifs is 1. The van der Waals surface area contributed by atoms with E-state index in [-0.39, 0.29) is 0 Å². The number of hydrogen-bond donors (Lipinski definition) is 2. The molecule has 1 aliphatic heterocycles. The number of nitrogens with two attached hydrogens (primary N) is 1. The normalized spacial score (nSPS) is 13.1. The number of aromatic nitrogens is 2. The summed E-state index contributed by atoms with van der Waals surface area (Å²) in [4.78, 5) is 8.33. The van der Waals surface area contributed by atoms with E-state index in [1.807, 2.05) is 18.2 Å². The van der Waals surface area contributed by atoms with Crippen LogP contribution in [0.4, 0.5) is 11.5 Å². The van der Waals surface area contributed by atoms with Crippen LogP contribution in [0.25, 0.3) is 0 Å². The molecule has 0 atom stereocenters. The molecule has 6 heteroatoms. The summed E-state index contributed by atoms with van der Waals surface area (Å²) in [5.74, 6) is 2.81. The van der Waals surface area contributed by atoms with Crippen molar-refractivity contribution in [3.63, 3.8) is 0 Å². The Morgan fingerprint density at radius 2 is 2.00 bits per heavy atom. The predicted octanol–water partition coefficient (Wildman–Crippen LogP) is 1.45. The summed E-state index contributed by atoms with van der Waals surface area (Å²) >= 11 is 0. The number of rotatable bonds is 3. The van der Waals surface area contributed by atoms with Crippen molar-refractivity contribution in [2.75, 3.05) is 18.5 Å². The lowest BCUT2D eigenvalue weighted by atomic mass is 10.2. The zero-order valence-corrected chi connectivity index (χ0v) is 10.3. The molecule has 6 nitrogen and oxygen atoms in total. The topological polar surface area (TPSA) is 82.3 Å². The highest BCUT2D eigenvalue weighted by Crippen LogP contribution is 2.33. The van der Waals surface area contributed by atoms with Crippen molar-refractivity contribution in [3.8, 4) is 11.5 Å². The highest BCUT2D eigenvalue weighted by molar-refractivity contribution is 5.61. The van der Waals surface area contributed by atoms with Crippen molar-refractivity contribution in [2.45, 2.75) is 6.54 Å². The standard InChI is InChI=1S/C13H14N4O2/c14-8-13-15-4-3-12(17-13)16-9-1-2-10-11(7-9)19-6-5-18-10/h1-4,7H,5-6,8,14H2,(H,15,16,17). The Kier molecular flexibility index (Phi) is 3.16. The quantitative estimate of drug-likeness (QED) is 0.867. The third-order valence-electron chi connectivity index (χ3n) is 2.70. The largest absolute Gasteiger partial charge is 0.486 e. The van der Waals surface area contributed by atoms with Crippen LogP contribution in [0.5, 0.6) is 11.5 Å². The molecule has 2 heterocycles. The Bertz CT molecular complexity index is 589. The van der Waals surface area contributed by atoms with Gasteiger partial charge >= 0.3 is 0 Å². The van der Waals surface area contributed by atoms with Crippen LogP contribution >= 0.6 is 0 Å². The van der Waals surface area contributed by atoms with Gasteiger partial charge in [0.05, 0.1) is 6.54 Å². The molecule has 1 aliphatic rings. The summed E-state index contributed by atoms with van der Waals surface area (Å²) < 4.78 is 11.0. The van der Waals surface area contributed by atoms with Gasteiger partial charge in [-0.3, -0.25) is 0 Å². The number of ether oxygens (including phenoxy) is 2. The monoisotopic (exact) mass is 258 g/mol. The van der Waals surface area contributed by atoms with E-state index in [4.69, 9.17) is 15.2 Å². The molecule has 0 radical (unpaired) electrons. The molecule has 3 rings (SSSR count). The first-order valence-corrected chi connectivity index (χ1v) is 6.04. The van der Waals surface area contributed by atoms with Crippen molar-refractivity contribution in [1.82, 2.24) is 9.97 Å². The molecule has 0 saturated carbocycles. The van der Waals surface area contributed by atoms with E-state index >= 15 is 0 Å². The van der Waals surface area contributed by atoms with Crippen molar-refractivity contribution in [1.29, 1.82) is 0 Å². The van der Waals surface area contributed by atoms with E-state index in [9.17, 15) is 0 Å². The van der Waals surface area contributed by atoms with Gasteiger partial charge in [-0.25, -0.2) is 9.97 Å². The molecule has 1 aromatic heterocycles. The van der Waals surface area contributed by atoms with Crippen LogP contribution in [0.3, 0.4) is 0 Å². The Morgan fingerprint density at radius 3 is 2.84 bits per heavy atom. The molecule has 0 amide bonds. The van der Waals surface area contributed by atoms with Gasteiger partial charge in [0.1, 0.15) is 24.9 Å². The van der Waals surface area contributed by atoms with Crippen LogP contribution in [0, 0.1) is 0 Å². The minimum atomic E-state index is 0.316. The van der Waals surface area contributed by atoms with Gasteiger partial charge in [-0.05, 0) is 18.2 Å². The molecule has 0 aliphatic carbocycles. The van der Waals surface area contributed by atoms with Gasteiger partial charge in [-0.1, -0.05) is 0 Å². The summed E-state index contributed by atoms with van der Waals surface area (Å²) in [5, 5.41) is 3.19. The number of anilines is 2. The Hall–Kier alpha value is -2.34. The molecule has 0 spiro atoms. The summed E-state index contributed by atoms with van der Waals surface area (Å²) in [6, 6.07) is 7.47. The van der Waals surface area contributed by atoms with E-state index in [1.54, 1.807) is 12.3 Å². The molecule has 0 bridgehead atoms. The van der Waals surface area contributed by atoms with E-state index < -0.39 is 0 Å². The van der Waals surface area contributed by atoms with E-state index in [0.29, 0.717) is 31.4 Å². The molecule has 0 fully saturated rings. The SMILES string of the molecule is NCc1nccc(Nc2ccc3c(c2)OCCO3)n1. The van der Waals surface area contributed by atoms with Crippen molar-refractivity contribution in [2.24, 2.45) is 5.73 Å². The molecule has 0 unspecified atom stereocenters. The van der Waals surface area contributed by atoms with Crippen LogP contribution in [0.15, 0.2) is 30.5 Å². The predicted molar refractivity (Wildman–Crippen MR) is 70.6 cm³/mol. The lowest BCUT2D eigenvalue weighted by Gasteiger charge is -2.19. The van der Waals surface area contributed by atoms with Crippen LogP contribution in [-0.4, -0.2) is 23.2 Å². The summed E-state index contributed by atoms with van der Waals surface area (Å²) in [5.41, 5.74) is 6.39. The number of nitrogens with zero attached hydrogens (tertiary/aromatic N) is 2. The van der Waals surface area contributed by atoms with Crippen LogP contribution in [0.1, 0.15) is 5.82 Å². The minimum absolute atomic E-state index is 0.316. The summed E-state index contributed by atoms with van der Waals surface area (Å²) in [6.07, 6.45) is 1.68. The van der Waals surface area contributed by atoms with E-state index in [1.165, 1.54) is 0 Å². The molecule has 98 valence electrons. The van der Waals surface area contributed by atoms with Crippen molar-refractivity contribution >= 4 is 11.5 Å². The number of benzene rings is 1. The molecule has 2 aromatic rings. The van der Waals surface area contributed by atoms with E-state index in [2.05, 4.69) is 15.3 Å². The summed E-state index contributed by atoms with van der Waals surface area (Å²) in [7, 11) is 0. The molecular weight excluding hydrogens is 244 g/mol. The maximum absolute atomic E-state index is 5.53. The van der Waals surface area contributed by atoms with Crippen LogP contribution in [-0.2, 0) is 6.54 Å². The Labute approximate surface area is 110 Å². The third-order valence-corrected chi connectivity index (χ3v) is 2.70. The fourth-order valence-corrected chi connectivity index (χ4v) is 1.84.